The summed E-state index contributed by atoms with van der Waals surface area (Å²) >= 11 is 5.26. The number of halogens is 1. The molecule has 0 fully saturated rings. The van der Waals surface area contributed by atoms with Crippen LogP contribution in [-0.4, -0.2) is 18.3 Å². The molecule has 2 N–H and O–H groups in total. The zero-order valence-corrected chi connectivity index (χ0v) is 11.6. The molecule has 86 valence electrons. The minimum absolute atomic E-state index is 0.165. The van der Waals surface area contributed by atoms with Gasteiger partial charge in [-0.1, -0.05) is 13.8 Å². The standard InChI is InChI=1S/C11H18BrNOS/c1-11(2,4-5-14)8-13-7-10-9(12)3-6-15-10/h3,6,13-14H,4-5,7-8H2,1-2H3. The molecule has 1 heterocycles. The lowest BCUT2D eigenvalue weighted by atomic mass is 9.90. The zero-order valence-electron chi connectivity index (χ0n) is 9.22. The van der Waals surface area contributed by atoms with Crippen LogP contribution in [-0.2, 0) is 6.54 Å². The normalized spacial score (nSPS) is 12.0. The first-order valence-electron chi connectivity index (χ1n) is 5.08. The Labute approximate surface area is 104 Å². The summed E-state index contributed by atoms with van der Waals surface area (Å²) in [6.45, 7) is 6.42. The van der Waals surface area contributed by atoms with Crippen molar-refractivity contribution < 1.29 is 5.11 Å². The van der Waals surface area contributed by atoms with Gasteiger partial charge < -0.3 is 10.4 Å². The second-order valence-corrected chi connectivity index (χ2v) is 6.29. The van der Waals surface area contributed by atoms with Gasteiger partial charge in [0, 0.05) is 29.0 Å². The maximum atomic E-state index is 8.90. The van der Waals surface area contributed by atoms with Crippen LogP contribution in [0.1, 0.15) is 25.1 Å². The summed E-state index contributed by atoms with van der Waals surface area (Å²) in [7, 11) is 0. The Morgan fingerprint density at radius 3 is 2.80 bits per heavy atom. The molecule has 0 amide bonds. The molecular formula is C11H18BrNOS. The van der Waals surface area contributed by atoms with Gasteiger partial charge in [-0.05, 0) is 39.2 Å². The van der Waals surface area contributed by atoms with Gasteiger partial charge in [0.05, 0.1) is 0 Å². The molecule has 0 atom stereocenters. The number of nitrogens with one attached hydrogen (secondary N) is 1. The summed E-state index contributed by atoms with van der Waals surface area (Å²) in [5.74, 6) is 0. The van der Waals surface area contributed by atoms with Crippen molar-refractivity contribution in [2.45, 2.75) is 26.8 Å². The van der Waals surface area contributed by atoms with E-state index in [0.717, 1.165) is 19.5 Å². The van der Waals surface area contributed by atoms with Crippen LogP contribution in [0.2, 0.25) is 0 Å². The summed E-state index contributed by atoms with van der Waals surface area (Å²) in [4.78, 5) is 1.33. The zero-order chi connectivity index (χ0) is 11.3. The van der Waals surface area contributed by atoms with Gasteiger partial charge in [-0.25, -0.2) is 0 Å². The third kappa shape index (κ3) is 4.64. The van der Waals surface area contributed by atoms with Crippen LogP contribution in [0.3, 0.4) is 0 Å². The van der Waals surface area contributed by atoms with E-state index in [4.69, 9.17) is 5.11 Å². The molecule has 0 aliphatic rings. The number of thiophene rings is 1. The molecular weight excluding hydrogens is 274 g/mol. The van der Waals surface area contributed by atoms with Crippen molar-refractivity contribution in [3.63, 3.8) is 0 Å². The molecule has 0 saturated heterocycles. The Morgan fingerprint density at radius 2 is 2.27 bits per heavy atom. The third-order valence-electron chi connectivity index (χ3n) is 2.37. The van der Waals surface area contributed by atoms with Gasteiger partial charge in [0.1, 0.15) is 0 Å². The van der Waals surface area contributed by atoms with Crippen molar-refractivity contribution in [1.82, 2.24) is 5.32 Å². The minimum Gasteiger partial charge on any atom is -0.396 e. The average Bonchev–Trinajstić information content (AvgIpc) is 2.51. The van der Waals surface area contributed by atoms with Crippen LogP contribution in [0.25, 0.3) is 0 Å². The van der Waals surface area contributed by atoms with Gasteiger partial charge >= 0.3 is 0 Å². The van der Waals surface area contributed by atoms with E-state index in [-0.39, 0.29) is 12.0 Å². The fraction of sp³-hybridized carbons (Fsp3) is 0.636. The number of aliphatic hydroxyl groups is 1. The first-order chi connectivity index (χ1) is 7.05. The molecule has 4 heteroatoms. The van der Waals surface area contributed by atoms with Crippen LogP contribution >= 0.6 is 27.3 Å². The number of aliphatic hydroxyl groups excluding tert-OH is 1. The van der Waals surface area contributed by atoms with Gasteiger partial charge in [0.25, 0.3) is 0 Å². The molecule has 0 aliphatic carbocycles. The topological polar surface area (TPSA) is 32.3 Å². The molecule has 0 saturated carbocycles. The molecule has 1 aromatic rings. The van der Waals surface area contributed by atoms with Crippen molar-refractivity contribution in [3.05, 3.63) is 20.8 Å². The molecule has 0 aromatic carbocycles. The molecule has 15 heavy (non-hydrogen) atoms. The Bertz CT molecular complexity index is 299. The fourth-order valence-corrected chi connectivity index (χ4v) is 2.82. The maximum absolute atomic E-state index is 8.90. The van der Waals surface area contributed by atoms with Crippen LogP contribution in [0, 0.1) is 5.41 Å². The van der Waals surface area contributed by atoms with Crippen LogP contribution < -0.4 is 5.32 Å². The van der Waals surface area contributed by atoms with Crippen molar-refractivity contribution in [2.75, 3.05) is 13.2 Å². The van der Waals surface area contributed by atoms with E-state index in [9.17, 15) is 0 Å². The van der Waals surface area contributed by atoms with Gasteiger partial charge in [-0.2, -0.15) is 0 Å². The lowest BCUT2D eigenvalue weighted by Gasteiger charge is -2.23. The maximum Gasteiger partial charge on any atom is 0.0436 e. The Balaban J connectivity index is 2.30. The lowest BCUT2D eigenvalue weighted by Crippen LogP contribution is -2.29. The van der Waals surface area contributed by atoms with Crippen molar-refractivity contribution in [1.29, 1.82) is 0 Å². The minimum atomic E-state index is 0.165. The molecule has 0 bridgehead atoms. The Kier molecular flexibility index (Phi) is 5.26. The number of hydrogen-bond acceptors (Lipinski definition) is 3. The van der Waals surface area contributed by atoms with Gasteiger partial charge in [-0.15, -0.1) is 11.3 Å². The highest BCUT2D eigenvalue weighted by Gasteiger charge is 2.16. The van der Waals surface area contributed by atoms with E-state index in [0.29, 0.717) is 0 Å². The third-order valence-corrected chi connectivity index (χ3v) is 4.30. The molecule has 2 nitrogen and oxygen atoms in total. The van der Waals surface area contributed by atoms with E-state index in [2.05, 4.69) is 46.5 Å². The predicted molar refractivity (Wildman–Crippen MR) is 69.2 cm³/mol. The molecule has 1 aromatic heterocycles. The second-order valence-electron chi connectivity index (χ2n) is 4.43. The smallest absolute Gasteiger partial charge is 0.0436 e. The first kappa shape index (κ1) is 13.2. The molecule has 0 unspecified atom stereocenters. The predicted octanol–water partition coefficient (Wildman–Crippen LogP) is 3.01. The summed E-state index contributed by atoms with van der Waals surface area (Å²) in [6, 6.07) is 2.07. The Hall–Kier alpha value is 0.100. The van der Waals surface area contributed by atoms with E-state index in [1.54, 1.807) is 11.3 Å². The highest BCUT2D eigenvalue weighted by molar-refractivity contribution is 9.10. The highest BCUT2D eigenvalue weighted by atomic mass is 79.9. The number of rotatable bonds is 6. The van der Waals surface area contributed by atoms with Crippen molar-refractivity contribution in [2.24, 2.45) is 5.41 Å². The lowest BCUT2D eigenvalue weighted by molar-refractivity contribution is 0.207. The summed E-state index contributed by atoms with van der Waals surface area (Å²) in [5, 5.41) is 14.4. The fourth-order valence-electron chi connectivity index (χ4n) is 1.36. The van der Waals surface area contributed by atoms with E-state index in [1.807, 2.05) is 0 Å². The molecule has 0 radical (unpaired) electrons. The van der Waals surface area contributed by atoms with Gasteiger partial charge in [0.2, 0.25) is 0 Å². The monoisotopic (exact) mass is 291 g/mol. The first-order valence-corrected chi connectivity index (χ1v) is 6.76. The summed E-state index contributed by atoms with van der Waals surface area (Å²) in [6.07, 6.45) is 0.839. The molecule has 1 rings (SSSR count). The van der Waals surface area contributed by atoms with Gasteiger partial charge in [0.15, 0.2) is 0 Å². The van der Waals surface area contributed by atoms with E-state index >= 15 is 0 Å². The number of hydrogen-bond donors (Lipinski definition) is 2. The largest absolute Gasteiger partial charge is 0.396 e. The molecule has 0 spiro atoms. The molecule has 0 aliphatic heterocycles. The van der Waals surface area contributed by atoms with Crippen LogP contribution in [0.5, 0.6) is 0 Å². The van der Waals surface area contributed by atoms with Crippen LogP contribution in [0.4, 0.5) is 0 Å². The Morgan fingerprint density at radius 1 is 1.53 bits per heavy atom. The second kappa shape index (κ2) is 5.99. The summed E-state index contributed by atoms with van der Waals surface area (Å²) in [5.41, 5.74) is 0.165. The SMILES string of the molecule is CC(C)(CCO)CNCc1sccc1Br. The van der Waals surface area contributed by atoms with Crippen LogP contribution in [0.15, 0.2) is 15.9 Å². The van der Waals surface area contributed by atoms with E-state index in [1.165, 1.54) is 9.35 Å². The van der Waals surface area contributed by atoms with Crippen molar-refractivity contribution >= 4 is 27.3 Å². The highest BCUT2D eigenvalue weighted by Crippen LogP contribution is 2.23. The van der Waals surface area contributed by atoms with Gasteiger partial charge in [-0.3, -0.25) is 0 Å². The van der Waals surface area contributed by atoms with Crippen molar-refractivity contribution in [3.8, 4) is 0 Å². The quantitative estimate of drug-likeness (QED) is 0.844. The average molecular weight is 292 g/mol. The summed E-state index contributed by atoms with van der Waals surface area (Å²) < 4.78 is 1.18. The van der Waals surface area contributed by atoms with E-state index < -0.39 is 0 Å².